The van der Waals surface area contributed by atoms with E-state index >= 15 is 0 Å². The summed E-state index contributed by atoms with van der Waals surface area (Å²) in [7, 11) is 1.66. The Morgan fingerprint density at radius 1 is 1.21 bits per heavy atom. The predicted octanol–water partition coefficient (Wildman–Crippen LogP) is 3.37. The number of Topliss-reactive ketones (excluding diaryl/α,β-unsaturated/α-hetero) is 1. The first-order valence-corrected chi connectivity index (χ1v) is 8.17. The van der Waals surface area contributed by atoms with Crippen LogP contribution in [-0.2, 0) is 17.8 Å². The quantitative estimate of drug-likeness (QED) is 0.742. The number of carbonyl (C=O) groups is 1. The Bertz CT molecular complexity index is 926. The van der Waals surface area contributed by atoms with Gasteiger partial charge in [0, 0.05) is 19.7 Å². The molecule has 0 atom stereocenters. The molecule has 0 spiro atoms. The van der Waals surface area contributed by atoms with Gasteiger partial charge in [0.15, 0.2) is 11.4 Å². The lowest BCUT2D eigenvalue weighted by atomic mass is 9.96. The van der Waals surface area contributed by atoms with Gasteiger partial charge in [-0.25, -0.2) is 9.50 Å². The molecular weight excluding hydrogens is 302 g/mol. The molecule has 0 fully saturated rings. The van der Waals surface area contributed by atoms with Crippen LogP contribution in [0.15, 0.2) is 30.5 Å². The molecule has 1 aromatic carbocycles. The first kappa shape index (κ1) is 15.0. The molecule has 24 heavy (non-hydrogen) atoms. The number of hydrogen-bond acceptors (Lipinski definition) is 4. The number of hydrogen-bond donors (Lipinski definition) is 0. The molecule has 0 aliphatic heterocycles. The average molecular weight is 321 g/mol. The molecule has 2 aromatic heterocycles. The summed E-state index contributed by atoms with van der Waals surface area (Å²) in [6.45, 7) is 2.47. The number of ether oxygens (including phenoxy) is 1. The third-order valence-corrected chi connectivity index (χ3v) is 4.50. The van der Waals surface area contributed by atoms with E-state index < -0.39 is 0 Å². The number of carbonyl (C=O) groups excluding carboxylic acids is 1. The Hall–Kier alpha value is -2.53. The number of rotatable bonds is 3. The number of ketones is 1. The molecule has 0 N–H and O–H groups in total. The smallest absolute Gasteiger partial charge is 0.166 e. The normalized spacial score (nSPS) is 14.2. The van der Waals surface area contributed by atoms with E-state index in [4.69, 9.17) is 9.72 Å². The van der Waals surface area contributed by atoms with E-state index in [1.54, 1.807) is 11.6 Å². The summed E-state index contributed by atoms with van der Waals surface area (Å²) in [6.07, 6.45) is 4.14. The Kier molecular flexibility index (Phi) is 3.65. The first-order chi connectivity index (χ1) is 11.7. The second kappa shape index (κ2) is 5.83. The highest BCUT2D eigenvalue weighted by Gasteiger charge is 2.23. The van der Waals surface area contributed by atoms with Gasteiger partial charge in [0.2, 0.25) is 0 Å². The fraction of sp³-hybridized carbons (Fsp3) is 0.316. The number of aryl methyl sites for hydroxylation is 2. The topological polar surface area (TPSA) is 56.5 Å². The molecular formula is C19H19N3O2. The van der Waals surface area contributed by atoms with Gasteiger partial charge in [-0.15, -0.1) is 0 Å². The van der Waals surface area contributed by atoms with Crippen molar-refractivity contribution in [1.29, 1.82) is 0 Å². The summed E-state index contributed by atoms with van der Waals surface area (Å²) < 4.78 is 7.05. The second-order valence-corrected chi connectivity index (χ2v) is 6.27. The molecule has 0 saturated heterocycles. The molecule has 0 amide bonds. The number of nitrogens with zero attached hydrogens (tertiary/aromatic N) is 3. The van der Waals surface area contributed by atoms with E-state index in [0.717, 1.165) is 41.0 Å². The number of benzene rings is 1. The van der Waals surface area contributed by atoms with E-state index in [0.29, 0.717) is 18.6 Å². The standard InChI is InChI=1S/C19H19N3O2/c1-12-6-8-13(9-7-12)18-16(11-24-2)21-22-10-14-15(20-19(18)22)4-3-5-17(14)23/h6-10H,3-5,11H2,1-2H3. The van der Waals surface area contributed by atoms with Crippen molar-refractivity contribution >= 4 is 11.4 Å². The van der Waals surface area contributed by atoms with Crippen molar-refractivity contribution in [3.05, 3.63) is 53.0 Å². The van der Waals surface area contributed by atoms with E-state index in [9.17, 15) is 4.79 Å². The molecule has 0 saturated carbocycles. The maximum absolute atomic E-state index is 12.1. The molecule has 1 aliphatic carbocycles. The second-order valence-electron chi connectivity index (χ2n) is 6.27. The molecule has 0 radical (unpaired) electrons. The van der Waals surface area contributed by atoms with E-state index in [2.05, 4.69) is 36.3 Å². The van der Waals surface area contributed by atoms with Crippen LogP contribution >= 0.6 is 0 Å². The van der Waals surface area contributed by atoms with Gasteiger partial charge in [-0.05, 0) is 25.3 Å². The van der Waals surface area contributed by atoms with Crippen molar-refractivity contribution in [2.75, 3.05) is 7.11 Å². The molecule has 5 heteroatoms. The van der Waals surface area contributed by atoms with Gasteiger partial charge in [-0.1, -0.05) is 29.8 Å². The number of aromatic nitrogens is 3. The lowest BCUT2D eigenvalue weighted by molar-refractivity contribution is 0.0971. The zero-order valence-electron chi connectivity index (χ0n) is 13.9. The van der Waals surface area contributed by atoms with Gasteiger partial charge < -0.3 is 4.74 Å². The zero-order valence-corrected chi connectivity index (χ0v) is 13.9. The summed E-state index contributed by atoms with van der Waals surface area (Å²) >= 11 is 0. The van der Waals surface area contributed by atoms with Gasteiger partial charge in [0.1, 0.15) is 0 Å². The minimum absolute atomic E-state index is 0.159. The van der Waals surface area contributed by atoms with Crippen LogP contribution in [0, 0.1) is 6.92 Å². The largest absolute Gasteiger partial charge is 0.378 e. The lowest BCUT2D eigenvalue weighted by Crippen LogP contribution is -2.14. The van der Waals surface area contributed by atoms with Crippen LogP contribution in [0.5, 0.6) is 0 Å². The fourth-order valence-corrected chi connectivity index (χ4v) is 3.28. The van der Waals surface area contributed by atoms with Crippen LogP contribution in [0.4, 0.5) is 0 Å². The third-order valence-electron chi connectivity index (χ3n) is 4.50. The monoisotopic (exact) mass is 321 g/mol. The van der Waals surface area contributed by atoms with Gasteiger partial charge in [-0.2, -0.15) is 5.10 Å². The predicted molar refractivity (Wildman–Crippen MR) is 91.1 cm³/mol. The fourth-order valence-electron chi connectivity index (χ4n) is 3.28. The molecule has 1 aliphatic rings. The van der Waals surface area contributed by atoms with E-state index in [1.807, 2.05) is 6.20 Å². The Labute approximate surface area is 140 Å². The summed E-state index contributed by atoms with van der Waals surface area (Å²) in [5, 5.41) is 4.62. The highest BCUT2D eigenvalue weighted by molar-refractivity contribution is 5.98. The van der Waals surface area contributed by atoms with Gasteiger partial charge in [0.05, 0.1) is 29.1 Å². The molecule has 0 unspecified atom stereocenters. The summed E-state index contributed by atoms with van der Waals surface area (Å²) in [6, 6.07) is 8.32. The maximum Gasteiger partial charge on any atom is 0.166 e. The summed E-state index contributed by atoms with van der Waals surface area (Å²) in [5.74, 6) is 0.159. The highest BCUT2D eigenvalue weighted by atomic mass is 16.5. The van der Waals surface area contributed by atoms with Gasteiger partial charge >= 0.3 is 0 Å². The molecule has 2 heterocycles. The number of methoxy groups -OCH3 is 1. The van der Waals surface area contributed by atoms with Crippen LogP contribution in [-0.4, -0.2) is 27.5 Å². The molecule has 122 valence electrons. The third kappa shape index (κ3) is 2.41. The minimum atomic E-state index is 0.159. The van der Waals surface area contributed by atoms with Crippen LogP contribution in [0.25, 0.3) is 16.8 Å². The van der Waals surface area contributed by atoms with Crippen LogP contribution in [0.2, 0.25) is 0 Å². The average Bonchev–Trinajstić information content (AvgIpc) is 2.92. The van der Waals surface area contributed by atoms with Crippen molar-refractivity contribution in [1.82, 2.24) is 14.6 Å². The Balaban J connectivity index is 1.97. The zero-order chi connectivity index (χ0) is 16.7. The molecule has 3 aromatic rings. The highest BCUT2D eigenvalue weighted by Crippen LogP contribution is 2.30. The SMILES string of the molecule is COCc1nn2cc3c(nc2c1-c1ccc(C)cc1)CCCC3=O. The van der Waals surface area contributed by atoms with Crippen LogP contribution in [0.3, 0.4) is 0 Å². The van der Waals surface area contributed by atoms with Crippen molar-refractivity contribution in [3.8, 4) is 11.1 Å². The van der Waals surface area contributed by atoms with E-state index in [1.165, 1.54) is 5.56 Å². The first-order valence-electron chi connectivity index (χ1n) is 8.17. The summed E-state index contributed by atoms with van der Waals surface area (Å²) in [4.78, 5) is 16.9. The van der Waals surface area contributed by atoms with Gasteiger partial charge in [-0.3, -0.25) is 4.79 Å². The summed E-state index contributed by atoms with van der Waals surface area (Å²) in [5.41, 5.74) is 6.48. The van der Waals surface area contributed by atoms with E-state index in [-0.39, 0.29) is 5.78 Å². The Morgan fingerprint density at radius 2 is 2.00 bits per heavy atom. The molecule has 4 rings (SSSR count). The molecule has 5 nitrogen and oxygen atoms in total. The van der Waals surface area contributed by atoms with Crippen LogP contribution < -0.4 is 0 Å². The van der Waals surface area contributed by atoms with Crippen molar-refractivity contribution in [3.63, 3.8) is 0 Å². The minimum Gasteiger partial charge on any atom is -0.378 e. The van der Waals surface area contributed by atoms with Crippen molar-refractivity contribution < 1.29 is 9.53 Å². The van der Waals surface area contributed by atoms with Crippen molar-refractivity contribution in [2.45, 2.75) is 32.8 Å². The maximum atomic E-state index is 12.1. The lowest BCUT2D eigenvalue weighted by Gasteiger charge is -2.13. The van der Waals surface area contributed by atoms with Crippen molar-refractivity contribution in [2.24, 2.45) is 0 Å². The Morgan fingerprint density at radius 3 is 2.75 bits per heavy atom. The van der Waals surface area contributed by atoms with Gasteiger partial charge in [0.25, 0.3) is 0 Å². The number of fused-ring (bicyclic) bond motifs is 2. The van der Waals surface area contributed by atoms with Crippen LogP contribution in [0.1, 0.15) is 40.2 Å². The molecule has 0 bridgehead atoms.